The molecule has 0 saturated heterocycles. The first-order chi connectivity index (χ1) is 12.4. The minimum absolute atomic E-state index is 0.0887. The van der Waals surface area contributed by atoms with Crippen molar-refractivity contribution in [3.05, 3.63) is 60.2 Å². The number of nitrogens with one attached hydrogen (secondary N) is 2. The van der Waals surface area contributed by atoms with Crippen LogP contribution in [-0.2, 0) is 9.59 Å². The second kappa shape index (κ2) is 9.12. The first-order valence-electron chi connectivity index (χ1n) is 8.53. The Morgan fingerprint density at radius 1 is 0.962 bits per heavy atom. The van der Waals surface area contributed by atoms with E-state index in [0.717, 1.165) is 5.56 Å². The van der Waals surface area contributed by atoms with E-state index in [9.17, 15) is 9.59 Å². The molecule has 0 radical (unpaired) electrons. The second-order valence-corrected chi connectivity index (χ2v) is 6.58. The largest absolute Gasteiger partial charge is 0.326 e. The normalized spacial score (nSPS) is 13.1. The SMILES string of the molecule is CC(C(=O)Nc1ccc(NC(=O)CN(C)C)cc1)C(N)c1ccccc1. The fourth-order valence-corrected chi connectivity index (χ4v) is 2.51. The molecule has 0 spiro atoms. The fourth-order valence-electron chi connectivity index (χ4n) is 2.51. The van der Waals surface area contributed by atoms with Crippen molar-refractivity contribution in [2.75, 3.05) is 31.3 Å². The number of hydrogen-bond donors (Lipinski definition) is 3. The highest BCUT2D eigenvalue weighted by Gasteiger charge is 2.22. The molecule has 2 aromatic rings. The van der Waals surface area contributed by atoms with Gasteiger partial charge < -0.3 is 21.3 Å². The zero-order chi connectivity index (χ0) is 19.1. The van der Waals surface area contributed by atoms with Crippen molar-refractivity contribution in [1.82, 2.24) is 4.90 Å². The van der Waals surface area contributed by atoms with Crippen molar-refractivity contribution in [3.8, 4) is 0 Å². The monoisotopic (exact) mass is 354 g/mol. The van der Waals surface area contributed by atoms with E-state index in [1.807, 2.05) is 51.4 Å². The van der Waals surface area contributed by atoms with Crippen LogP contribution in [0.3, 0.4) is 0 Å². The molecule has 26 heavy (non-hydrogen) atoms. The number of hydrogen-bond acceptors (Lipinski definition) is 4. The van der Waals surface area contributed by atoms with Gasteiger partial charge in [-0.15, -0.1) is 0 Å². The molecule has 2 atom stereocenters. The molecule has 138 valence electrons. The summed E-state index contributed by atoms with van der Waals surface area (Å²) in [4.78, 5) is 26.0. The summed E-state index contributed by atoms with van der Waals surface area (Å²) in [5.41, 5.74) is 8.47. The Morgan fingerprint density at radius 2 is 1.50 bits per heavy atom. The Morgan fingerprint density at radius 3 is 2.04 bits per heavy atom. The zero-order valence-corrected chi connectivity index (χ0v) is 15.4. The molecule has 6 nitrogen and oxygen atoms in total. The summed E-state index contributed by atoms with van der Waals surface area (Å²) in [6.07, 6.45) is 0. The van der Waals surface area contributed by atoms with Crippen LogP contribution >= 0.6 is 0 Å². The number of carbonyl (C=O) groups excluding carboxylic acids is 2. The summed E-state index contributed by atoms with van der Waals surface area (Å²) < 4.78 is 0. The van der Waals surface area contributed by atoms with E-state index in [-0.39, 0.29) is 23.8 Å². The zero-order valence-electron chi connectivity index (χ0n) is 15.4. The Hall–Kier alpha value is -2.70. The van der Waals surface area contributed by atoms with Gasteiger partial charge in [0.1, 0.15) is 0 Å². The van der Waals surface area contributed by atoms with Gasteiger partial charge in [0.25, 0.3) is 0 Å². The molecule has 0 fully saturated rings. The maximum absolute atomic E-state index is 12.4. The lowest BCUT2D eigenvalue weighted by Gasteiger charge is -2.20. The number of nitrogens with two attached hydrogens (primary N) is 1. The summed E-state index contributed by atoms with van der Waals surface area (Å²) in [6.45, 7) is 2.12. The maximum atomic E-state index is 12.4. The molecule has 0 saturated carbocycles. The fraction of sp³-hybridized carbons (Fsp3) is 0.300. The molecule has 2 unspecified atom stereocenters. The van der Waals surface area contributed by atoms with E-state index in [0.29, 0.717) is 17.9 Å². The Kier molecular flexibility index (Phi) is 6.89. The molecule has 4 N–H and O–H groups in total. The van der Waals surface area contributed by atoms with Gasteiger partial charge in [0.2, 0.25) is 11.8 Å². The summed E-state index contributed by atoms with van der Waals surface area (Å²) in [5.74, 6) is -0.614. The average Bonchev–Trinajstić information content (AvgIpc) is 2.62. The van der Waals surface area contributed by atoms with Crippen LogP contribution in [0.4, 0.5) is 11.4 Å². The Balaban J connectivity index is 1.93. The van der Waals surface area contributed by atoms with Crippen LogP contribution in [0.1, 0.15) is 18.5 Å². The lowest BCUT2D eigenvalue weighted by atomic mass is 9.94. The van der Waals surface area contributed by atoms with Crippen LogP contribution in [0, 0.1) is 5.92 Å². The highest BCUT2D eigenvalue weighted by Crippen LogP contribution is 2.21. The van der Waals surface area contributed by atoms with Gasteiger partial charge in [-0.3, -0.25) is 9.59 Å². The minimum Gasteiger partial charge on any atom is -0.326 e. The maximum Gasteiger partial charge on any atom is 0.238 e. The van der Waals surface area contributed by atoms with Crippen molar-refractivity contribution in [1.29, 1.82) is 0 Å². The topological polar surface area (TPSA) is 87.5 Å². The second-order valence-electron chi connectivity index (χ2n) is 6.58. The van der Waals surface area contributed by atoms with Gasteiger partial charge in [-0.05, 0) is 43.9 Å². The lowest BCUT2D eigenvalue weighted by Crippen LogP contribution is -2.30. The van der Waals surface area contributed by atoms with E-state index in [2.05, 4.69) is 10.6 Å². The number of benzene rings is 2. The van der Waals surface area contributed by atoms with Crippen LogP contribution in [0.25, 0.3) is 0 Å². The van der Waals surface area contributed by atoms with Gasteiger partial charge in [0, 0.05) is 17.4 Å². The van der Waals surface area contributed by atoms with Crippen molar-refractivity contribution < 1.29 is 9.59 Å². The third-order valence-electron chi connectivity index (χ3n) is 4.03. The van der Waals surface area contributed by atoms with Gasteiger partial charge in [-0.25, -0.2) is 0 Å². The van der Waals surface area contributed by atoms with Crippen LogP contribution in [-0.4, -0.2) is 37.4 Å². The molecule has 2 aromatic carbocycles. The van der Waals surface area contributed by atoms with Gasteiger partial charge in [-0.1, -0.05) is 37.3 Å². The van der Waals surface area contributed by atoms with E-state index in [4.69, 9.17) is 5.73 Å². The van der Waals surface area contributed by atoms with E-state index in [1.165, 1.54) is 0 Å². The molecule has 0 bridgehead atoms. The van der Waals surface area contributed by atoms with Gasteiger partial charge in [-0.2, -0.15) is 0 Å². The predicted molar refractivity (Wildman–Crippen MR) is 105 cm³/mol. The van der Waals surface area contributed by atoms with E-state index < -0.39 is 0 Å². The molecular formula is C20H26N4O2. The van der Waals surface area contributed by atoms with E-state index >= 15 is 0 Å². The number of amides is 2. The lowest BCUT2D eigenvalue weighted by molar-refractivity contribution is -0.120. The van der Waals surface area contributed by atoms with Crippen molar-refractivity contribution >= 4 is 23.2 Å². The molecule has 2 amide bonds. The number of carbonyl (C=O) groups is 2. The predicted octanol–water partition coefficient (Wildman–Crippen LogP) is 2.46. The first-order valence-corrected chi connectivity index (χ1v) is 8.53. The van der Waals surface area contributed by atoms with Crippen molar-refractivity contribution in [2.45, 2.75) is 13.0 Å². The molecule has 0 aliphatic rings. The average molecular weight is 354 g/mol. The molecule has 0 aliphatic heterocycles. The highest BCUT2D eigenvalue weighted by atomic mass is 16.2. The van der Waals surface area contributed by atoms with Crippen molar-refractivity contribution in [3.63, 3.8) is 0 Å². The number of rotatable bonds is 7. The third-order valence-corrected chi connectivity index (χ3v) is 4.03. The summed E-state index contributed by atoms with van der Waals surface area (Å²) >= 11 is 0. The van der Waals surface area contributed by atoms with Crippen molar-refractivity contribution in [2.24, 2.45) is 11.7 Å². The Labute approximate surface area is 154 Å². The van der Waals surface area contributed by atoms with Crippen LogP contribution in [0.5, 0.6) is 0 Å². The molecular weight excluding hydrogens is 328 g/mol. The van der Waals surface area contributed by atoms with Crippen LogP contribution in [0.2, 0.25) is 0 Å². The molecule has 0 aromatic heterocycles. The van der Waals surface area contributed by atoms with Gasteiger partial charge >= 0.3 is 0 Å². The smallest absolute Gasteiger partial charge is 0.238 e. The first kappa shape index (κ1) is 19.6. The minimum atomic E-state index is -0.378. The summed E-state index contributed by atoms with van der Waals surface area (Å²) in [7, 11) is 3.67. The molecule has 2 rings (SSSR count). The van der Waals surface area contributed by atoms with Gasteiger partial charge in [0.15, 0.2) is 0 Å². The third kappa shape index (κ3) is 5.68. The standard InChI is InChI=1S/C20H26N4O2/c1-14(19(21)15-7-5-4-6-8-15)20(26)23-17-11-9-16(10-12-17)22-18(25)13-24(2)3/h4-12,14,19H,13,21H2,1-3H3,(H,22,25)(H,23,26). The number of nitrogens with zero attached hydrogens (tertiary/aromatic N) is 1. The molecule has 0 aliphatic carbocycles. The Bertz CT molecular complexity index is 729. The van der Waals surface area contributed by atoms with E-state index in [1.54, 1.807) is 29.2 Å². The quantitative estimate of drug-likeness (QED) is 0.713. The molecule has 6 heteroatoms. The summed E-state index contributed by atoms with van der Waals surface area (Å²) in [5, 5.41) is 5.67. The van der Waals surface area contributed by atoms with Gasteiger partial charge in [0.05, 0.1) is 12.5 Å². The number of likely N-dealkylation sites (N-methyl/N-ethyl adjacent to an activating group) is 1. The number of anilines is 2. The van der Waals surface area contributed by atoms with Crippen LogP contribution in [0.15, 0.2) is 54.6 Å². The van der Waals surface area contributed by atoms with Crippen LogP contribution < -0.4 is 16.4 Å². The highest BCUT2D eigenvalue weighted by molar-refractivity contribution is 5.94. The molecule has 0 heterocycles. The summed E-state index contributed by atoms with van der Waals surface area (Å²) in [6, 6.07) is 16.2.